The molecule has 6 heteroatoms. The predicted octanol–water partition coefficient (Wildman–Crippen LogP) is 2.70. The van der Waals surface area contributed by atoms with Gasteiger partial charge < -0.3 is 20.3 Å². The first-order chi connectivity index (χ1) is 11.3. The summed E-state index contributed by atoms with van der Waals surface area (Å²) in [5.41, 5.74) is 0. The monoisotopic (exact) mass is 338 g/mol. The summed E-state index contributed by atoms with van der Waals surface area (Å²) in [5, 5.41) is 10.5. The maximum absolute atomic E-state index is 5.07. The summed E-state index contributed by atoms with van der Waals surface area (Å²) in [6, 6.07) is 4.86. The molecule has 1 fully saturated rings. The summed E-state index contributed by atoms with van der Waals surface area (Å²) < 4.78 is 5.07. The van der Waals surface area contributed by atoms with Gasteiger partial charge in [-0.1, -0.05) is 0 Å². The lowest BCUT2D eigenvalue weighted by Crippen LogP contribution is -2.48. The van der Waals surface area contributed by atoms with E-state index in [1.165, 1.54) is 11.4 Å². The Hall–Kier alpha value is -1.27. The second kappa shape index (κ2) is 10.5. The number of hydrogen-bond donors (Lipinski definition) is 2. The third-order valence-corrected chi connectivity index (χ3v) is 5.12. The smallest absolute Gasteiger partial charge is 0.191 e. The molecule has 2 N–H and O–H groups in total. The molecule has 0 unspecified atom stereocenters. The molecular weight excluding hydrogens is 308 g/mol. The van der Waals surface area contributed by atoms with Crippen LogP contribution in [0, 0.1) is 0 Å². The van der Waals surface area contributed by atoms with Crippen molar-refractivity contribution in [3.8, 4) is 0 Å². The number of ether oxygens (including phenoxy) is 1. The quantitative estimate of drug-likeness (QED) is 0.435. The van der Waals surface area contributed by atoms with Gasteiger partial charge >= 0.3 is 0 Å². The van der Waals surface area contributed by atoms with Gasteiger partial charge in [0.25, 0.3) is 0 Å². The molecule has 1 aromatic rings. The van der Waals surface area contributed by atoms with Crippen LogP contribution in [0.2, 0.25) is 0 Å². The van der Waals surface area contributed by atoms with E-state index in [1.807, 2.05) is 18.4 Å². The molecule has 0 amide bonds. The zero-order valence-corrected chi connectivity index (χ0v) is 15.2. The molecule has 2 rings (SSSR count). The summed E-state index contributed by atoms with van der Waals surface area (Å²) in [6.07, 6.45) is 5.79. The van der Waals surface area contributed by atoms with Gasteiger partial charge in [-0.25, -0.2) is 0 Å². The second-order valence-corrected chi connectivity index (χ2v) is 6.84. The minimum atomic E-state index is 0.519. The Labute approximate surface area is 144 Å². The molecule has 2 heterocycles. The lowest BCUT2D eigenvalue weighted by atomic mass is 10.1. The minimum Gasteiger partial charge on any atom is -0.385 e. The first kappa shape index (κ1) is 18.1. The van der Waals surface area contributed by atoms with Crippen molar-refractivity contribution in [1.29, 1.82) is 0 Å². The second-order valence-electron chi connectivity index (χ2n) is 5.91. The Balaban J connectivity index is 1.62. The minimum absolute atomic E-state index is 0.519. The van der Waals surface area contributed by atoms with Gasteiger partial charge in [0.15, 0.2) is 5.96 Å². The summed E-state index contributed by atoms with van der Waals surface area (Å²) in [5.74, 6) is 0.936. The molecule has 0 spiro atoms. The van der Waals surface area contributed by atoms with Gasteiger partial charge in [-0.2, -0.15) is 0 Å². The highest BCUT2D eigenvalue weighted by Gasteiger charge is 2.20. The zero-order valence-electron chi connectivity index (χ0n) is 14.4. The van der Waals surface area contributed by atoms with Gasteiger partial charge in [-0.05, 0) is 49.6 Å². The number of anilines is 1. The number of piperidine rings is 1. The normalized spacial score (nSPS) is 16.6. The number of nitrogens with one attached hydrogen (secondary N) is 2. The number of thiophene rings is 1. The Morgan fingerprint density at radius 3 is 2.83 bits per heavy atom. The standard InChI is InChI=1S/C17H30N4OS/c1-18-17(19-10-4-3-5-13-22-2)20-15-8-11-21(12-9-15)16-7-6-14-23-16/h6-7,14-15H,3-5,8-13H2,1-2H3,(H2,18,19,20). The van der Waals surface area contributed by atoms with Crippen LogP contribution in [0.25, 0.3) is 0 Å². The number of unbranched alkanes of at least 4 members (excludes halogenated alkanes) is 2. The van der Waals surface area contributed by atoms with Gasteiger partial charge in [0.1, 0.15) is 0 Å². The largest absolute Gasteiger partial charge is 0.385 e. The highest BCUT2D eigenvalue weighted by atomic mass is 32.1. The van der Waals surface area contributed by atoms with E-state index in [0.717, 1.165) is 57.9 Å². The van der Waals surface area contributed by atoms with E-state index >= 15 is 0 Å². The molecule has 5 nitrogen and oxygen atoms in total. The fraction of sp³-hybridized carbons (Fsp3) is 0.706. The number of aliphatic imine (C=N–C) groups is 1. The van der Waals surface area contributed by atoms with Crippen molar-refractivity contribution in [1.82, 2.24) is 10.6 Å². The van der Waals surface area contributed by atoms with Crippen molar-refractivity contribution < 1.29 is 4.74 Å². The summed E-state index contributed by atoms with van der Waals surface area (Å²) in [4.78, 5) is 6.82. The topological polar surface area (TPSA) is 48.9 Å². The summed E-state index contributed by atoms with van der Waals surface area (Å²) in [7, 11) is 3.61. The molecule has 1 aliphatic rings. The van der Waals surface area contributed by atoms with E-state index in [4.69, 9.17) is 4.74 Å². The van der Waals surface area contributed by atoms with Crippen molar-refractivity contribution in [2.45, 2.75) is 38.1 Å². The van der Waals surface area contributed by atoms with E-state index in [0.29, 0.717) is 6.04 Å². The number of hydrogen-bond acceptors (Lipinski definition) is 4. The Morgan fingerprint density at radius 1 is 1.35 bits per heavy atom. The number of guanidine groups is 1. The van der Waals surface area contributed by atoms with Gasteiger partial charge in [-0.3, -0.25) is 4.99 Å². The van der Waals surface area contributed by atoms with Crippen LogP contribution in [0.3, 0.4) is 0 Å². The molecule has 0 aromatic carbocycles. The SMILES string of the molecule is CN=C(NCCCCCOC)NC1CCN(c2cccs2)CC1. The maximum atomic E-state index is 5.07. The molecule has 130 valence electrons. The first-order valence-electron chi connectivity index (χ1n) is 8.58. The van der Waals surface area contributed by atoms with Crippen LogP contribution in [0.1, 0.15) is 32.1 Å². The third-order valence-electron chi connectivity index (χ3n) is 4.19. The summed E-state index contributed by atoms with van der Waals surface area (Å²) >= 11 is 1.83. The lowest BCUT2D eigenvalue weighted by molar-refractivity contribution is 0.192. The molecule has 1 aromatic heterocycles. The van der Waals surface area contributed by atoms with Crippen molar-refractivity contribution in [2.24, 2.45) is 4.99 Å². The third kappa shape index (κ3) is 6.39. The Bertz CT molecular complexity index is 441. The summed E-state index contributed by atoms with van der Waals surface area (Å²) in [6.45, 7) is 4.06. The zero-order chi connectivity index (χ0) is 16.3. The van der Waals surface area contributed by atoms with Gasteiger partial charge in [0, 0.05) is 46.4 Å². The number of nitrogens with zero attached hydrogens (tertiary/aromatic N) is 2. The van der Waals surface area contributed by atoms with E-state index < -0.39 is 0 Å². The molecule has 1 saturated heterocycles. The highest BCUT2D eigenvalue weighted by molar-refractivity contribution is 7.14. The molecule has 0 saturated carbocycles. The molecule has 0 atom stereocenters. The van der Waals surface area contributed by atoms with Crippen LogP contribution in [-0.2, 0) is 4.74 Å². The van der Waals surface area contributed by atoms with Crippen LogP contribution in [0.4, 0.5) is 5.00 Å². The first-order valence-corrected chi connectivity index (χ1v) is 9.46. The van der Waals surface area contributed by atoms with E-state index in [-0.39, 0.29) is 0 Å². The fourth-order valence-corrected chi connectivity index (χ4v) is 3.62. The van der Waals surface area contributed by atoms with Crippen molar-refractivity contribution in [2.75, 3.05) is 45.3 Å². The maximum Gasteiger partial charge on any atom is 0.191 e. The fourth-order valence-electron chi connectivity index (χ4n) is 2.84. The van der Waals surface area contributed by atoms with Gasteiger partial charge in [-0.15, -0.1) is 11.3 Å². The molecule has 0 bridgehead atoms. The molecule has 23 heavy (non-hydrogen) atoms. The van der Waals surface area contributed by atoms with Crippen LogP contribution in [0.15, 0.2) is 22.5 Å². The molecule has 0 aliphatic carbocycles. The lowest BCUT2D eigenvalue weighted by Gasteiger charge is -2.33. The highest BCUT2D eigenvalue weighted by Crippen LogP contribution is 2.24. The van der Waals surface area contributed by atoms with Gasteiger partial charge in [0.2, 0.25) is 0 Å². The number of methoxy groups -OCH3 is 1. The van der Waals surface area contributed by atoms with Crippen LogP contribution in [0.5, 0.6) is 0 Å². The van der Waals surface area contributed by atoms with Crippen molar-refractivity contribution in [3.63, 3.8) is 0 Å². The van der Waals surface area contributed by atoms with Crippen molar-refractivity contribution in [3.05, 3.63) is 17.5 Å². The molecule has 1 aliphatic heterocycles. The Kier molecular flexibility index (Phi) is 8.25. The van der Waals surface area contributed by atoms with Crippen LogP contribution in [-0.4, -0.2) is 52.4 Å². The van der Waals surface area contributed by atoms with Crippen molar-refractivity contribution >= 4 is 22.3 Å². The van der Waals surface area contributed by atoms with E-state index in [1.54, 1.807) is 7.11 Å². The average Bonchev–Trinajstić information content (AvgIpc) is 3.12. The molecule has 0 radical (unpaired) electrons. The predicted molar refractivity (Wildman–Crippen MR) is 99.8 cm³/mol. The number of rotatable bonds is 8. The van der Waals surface area contributed by atoms with Crippen LogP contribution >= 0.6 is 11.3 Å². The Morgan fingerprint density at radius 2 is 2.17 bits per heavy atom. The van der Waals surface area contributed by atoms with Crippen LogP contribution < -0.4 is 15.5 Å². The van der Waals surface area contributed by atoms with Gasteiger partial charge in [0.05, 0.1) is 5.00 Å². The van der Waals surface area contributed by atoms with E-state index in [2.05, 4.69) is 38.0 Å². The average molecular weight is 339 g/mol. The molecular formula is C17H30N4OS. The van der Waals surface area contributed by atoms with E-state index in [9.17, 15) is 0 Å².